The number of rotatable bonds is 4. The second-order valence-corrected chi connectivity index (χ2v) is 6.73. The Balaban J connectivity index is 2.42. The van der Waals surface area contributed by atoms with Gasteiger partial charge in [0.05, 0.1) is 18.5 Å². The summed E-state index contributed by atoms with van der Waals surface area (Å²) in [5.74, 6) is -0.217. The molecule has 0 heterocycles. The molecule has 112 valence electrons. The van der Waals surface area contributed by atoms with Gasteiger partial charge in [0, 0.05) is 10.5 Å². The van der Waals surface area contributed by atoms with Gasteiger partial charge in [-0.2, -0.15) is 0 Å². The van der Waals surface area contributed by atoms with Crippen molar-refractivity contribution in [3.05, 3.63) is 46.7 Å². The van der Waals surface area contributed by atoms with Crippen LogP contribution in [0, 0.1) is 5.82 Å². The van der Waals surface area contributed by atoms with Gasteiger partial charge in [-0.25, -0.2) is 12.8 Å². The number of sulfonamides is 1. The fraction of sp³-hybridized carbons (Fsp3) is 0.0769. The lowest BCUT2D eigenvalue weighted by atomic mass is 10.3. The van der Waals surface area contributed by atoms with Crippen molar-refractivity contribution in [3.8, 4) is 5.75 Å². The van der Waals surface area contributed by atoms with E-state index in [1.807, 2.05) is 0 Å². The zero-order valence-electron chi connectivity index (χ0n) is 10.9. The maximum Gasteiger partial charge on any atom is 0.264 e. The van der Waals surface area contributed by atoms with Crippen LogP contribution in [0.25, 0.3) is 0 Å². The molecule has 2 rings (SSSR count). The van der Waals surface area contributed by atoms with Crippen molar-refractivity contribution in [1.29, 1.82) is 0 Å². The van der Waals surface area contributed by atoms with Crippen LogP contribution in [0.2, 0.25) is 0 Å². The summed E-state index contributed by atoms with van der Waals surface area (Å²) in [6.45, 7) is 0. The van der Waals surface area contributed by atoms with Gasteiger partial charge in [-0.15, -0.1) is 0 Å². The van der Waals surface area contributed by atoms with Gasteiger partial charge in [0.1, 0.15) is 16.5 Å². The number of halogens is 2. The standard InChI is InChI=1S/C13H12BrFN2O3S/c1-20-11-5-8(14)4-10(7-11)17-21(18,19)13-6-9(15)2-3-12(13)16/h2-7,17H,16H2,1H3. The van der Waals surface area contributed by atoms with E-state index in [1.54, 1.807) is 12.1 Å². The Morgan fingerprint density at radius 3 is 2.62 bits per heavy atom. The van der Waals surface area contributed by atoms with E-state index in [9.17, 15) is 12.8 Å². The topological polar surface area (TPSA) is 81.4 Å². The van der Waals surface area contributed by atoms with Gasteiger partial charge in [0.2, 0.25) is 0 Å². The Kier molecular flexibility index (Phi) is 4.38. The van der Waals surface area contributed by atoms with E-state index in [0.717, 1.165) is 12.1 Å². The number of methoxy groups -OCH3 is 1. The van der Waals surface area contributed by atoms with Crippen molar-refractivity contribution in [2.45, 2.75) is 4.90 Å². The Labute approximate surface area is 130 Å². The molecule has 0 aliphatic carbocycles. The Bertz CT molecular complexity index is 781. The summed E-state index contributed by atoms with van der Waals surface area (Å²) < 4.78 is 45.8. The minimum Gasteiger partial charge on any atom is -0.497 e. The van der Waals surface area contributed by atoms with Crippen molar-refractivity contribution < 1.29 is 17.5 Å². The fourth-order valence-corrected chi connectivity index (χ4v) is 3.35. The Hall–Kier alpha value is -1.80. The maximum atomic E-state index is 13.2. The van der Waals surface area contributed by atoms with E-state index in [4.69, 9.17) is 10.5 Å². The fourth-order valence-electron chi connectivity index (χ4n) is 1.69. The molecule has 0 atom stereocenters. The molecule has 2 aromatic rings. The molecule has 0 saturated carbocycles. The van der Waals surface area contributed by atoms with Crippen molar-refractivity contribution in [3.63, 3.8) is 0 Å². The smallest absolute Gasteiger partial charge is 0.264 e. The number of hydrogen-bond acceptors (Lipinski definition) is 4. The quantitative estimate of drug-likeness (QED) is 0.806. The molecule has 5 nitrogen and oxygen atoms in total. The van der Waals surface area contributed by atoms with Crippen LogP contribution < -0.4 is 15.2 Å². The lowest BCUT2D eigenvalue weighted by Crippen LogP contribution is -2.15. The minimum absolute atomic E-state index is 0.0362. The zero-order valence-corrected chi connectivity index (χ0v) is 13.3. The Morgan fingerprint density at radius 1 is 1.24 bits per heavy atom. The summed E-state index contributed by atoms with van der Waals surface area (Å²) in [4.78, 5) is -0.318. The first-order chi connectivity index (χ1) is 9.81. The van der Waals surface area contributed by atoms with Crippen LogP contribution in [0.4, 0.5) is 15.8 Å². The van der Waals surface area contributed by atoms with Gasteiger partial charge >= 0.3 is 0 Å². The molecule has 0 aliphatic heterocycles. The van der Waals surface area contributed by atoms with Crippen LogP contribution in [0.1, 0.15) is 0 Å². The van der Waals surface area contributed by atoms with Crippen LogP contribution in [0.3, 0.4) is 0 Å². The molecule has 21 heavy (non-hydrogen) atoms. The first-order valence-electron chi connectivity index (χ1n) is 5.74. The third-order valence-electron chi connectivity index (χ3n) is 2.62. The SMILES string of the molecule is COc1cc(Br)cc(NS(=O)(=O)c2cc(F)ccc2N)c1. The van der Waals surface area contributed by atoms with Crippen LogP contribution in [0.15, 0.2) is 45.8 Å². The van der Waals surface area contributed by atoms with Crippen LogP contribution in [0.5, 0.6) is 5.75 Å². The van der Waals surface area contributed by atoms with Gasteiger partial charge < -0.3 is 10.5 Å². The molecule has 0 fully saturated rings. The minimum atomic E-state index is -4.00. The summed E-state index contributed by atoms with van der Waals surface area (Å²) in [5, 5.41) is 0. The summed E-state index contributed by atoms with van der Waals surface area (Å²) in [6, 6.07) is 7.89. The molecule has 0 radical (unpaired) electrons. The largest absolute Gasteiger partial charge is 0.497 e. The van der Waals surface area contributed by atoms with E-state index in [1.165, 1.54) is 19.2 Å². The average molecular weight is 375 g/mol. The lowest BCUT2D eigenvalue weighted by molar-refractivity contribution is 0.415. The predicted molar refractivity (Wildman–Crippen MR) is 82.3 cm³/mol. The summed E-state index contributed by atoms with van der Waals surface area (Å²) in [6.07, 6.45) is 0. The van der Waals surface area contributed by atoms with Crippen molar-refractivity contribution in [1.82, 2.24) is 0 Å². The first-order valence-corrected chi connectivity index (χ1v) is 8.02. The lowest BCUT2D eigenvalue weighted by Gasteiger charge is -2.11. The number of benzene rings is 2. The number of ether oxygens (including phenoxy) is 1. The van der Waals surface area contributed by atoms with Gasteiger partial charge in [-0.1, -0.05) is 15.9 Å². The summed E-state index contributed by atoms with van der Waals surface area (Å²) in [5.41, 5.74) is 5.83. The highest BCUT2D eigenvalue weighted by Crippen LogP contribution is 2.27. The molecule has 0 aromatic heterocycles. The Morgan fingerprint density at radius 2 is 1.95 bits per heavy atom. The summed E-state index contributed by atoms with van der Waals surface area (Å²) in [7, 11) is -2.54. The molecular formula is C13H12BrFN2O3S. The molecule has 0 aliphatic rings. The molecule has 0 amide bonds. The van der Waals surface area contributed by atoms with E-state index >= 15 is 0 Å². The molecule has 2 aromatic carbocycles. The predicted octanol–water partition coefficient (Wildman–Crippen LogP) is 2.98. The third-order valence-corrected chi connectivity index (χ3v) is 4.52. The number of anilines is 2. The molecule has 0 saturated heterocycles. The summed E-state index contributed by atoms with van der Waals surface area (Å²) >= 11 is 3.24. The molecule has 3 N–H and O–H groups in total. The first kappa shape index (κ1) is 15.6. The second-order valence-electron chi connectivity index (χ2n) is 4.17. The van der Waals surface area contributed by atoms with Gasteiger partial charge in [-0.3, -0.25) is 4.72 Å². The number of nitrogens with one attached hydrogen (secondary N) is 1. The molecule has 0 bridgehead atoms. The van der Waals surface area contributed by atoms with E-state index < -0.39 is 15.8 Å². The zero-order chi connectivity index (χ0) is 15.6. The highest BCUT2D eigenvalue weighted by molar-refractivity contribution is 9.10. The van der Waals surface area contributed by atoms with Gasteiger partial charge in [0.25, 0.3) is 10.0 Å². The van der Waals surface area contributed by atoms with Crippen molar-refractivity contribution >= 4 is 37.3 Å². The van der Waals surface area contributed by atoms with Crippen LogP contribution >= 0.6 is 15.9 Å². The molecule has 8 heteroatoms. The molecule has 0 unspecified atom stereocenters. The van der Waals surface area contributed by atoms with Crippen LogP contribution in [-0.2, 0) is 10.0 Å². The number of nitrogen functional groups attached to an aromatic ring is 1. The molecular weight excluding hydrogens is 363 g/mol. The molecule has 0 spiro atoms. The highest BCUT2D eigenvalue weighted by atomic mass is 79.9. The van der Waals surface area contributed by atoms with E-state index in [2.05, 4.69) is 20.7 Å². The monoisotopic (exact) mass is 374 g/mol. The second kappa shape index (κ2) is 5.90. The number of nitrogens with two attached hydrogens (primary N) is 1. The third kappa shape index (κ3) is 3.64. The van der Waals surface area contributed by atoms with Gasteiger partial charge in [-0.05, 0) is 30.3 Å². The van der Waals surface area contributed by atoms with Crippen LogP contribution in [-0.4, -0.2) is 15.5 Å². The van der Waals surface area contributed by atoms with Crippen molar-refractivity contribution in [2.75, 3.05) is 17.6 Å². The normalized spacial score (nSPS) is 11.2. The van der Waals surface area contributed by atoms with E-state index in [-0.39, 0.29) is 16.3 Å². The number of hydrogen-bond donors (Lipinski definition) is 2. The highest BCUT2D eigenvalue weighted by Gasteiger charge is 2.19. The van der Waals surface area contributed by atoms with Crippen molar-refractivity contribution in [2.24, 2.45) is 0 Å². The van der Waals surface area contributed by atoms with Gasteiger partial charge in [0.15, 0.2) is 0 Å². The average Bonchev–Trinajstić information content (AvgIpc) is 2.40. The maximum absolute atomic E-state index is 13.2. The van der Waals surface area contributed by atoms with E-state index in [0.29, 0.717) is 10.2 Å².